The van der Waals surface area contributed by atoms with Gasteiger partial charge < -0.3 is 4.90 Å². The van der Waals surface area contributed by atoms with Crippen LogP contribution in [0.1, 0.15) is 32.6 Å². The van der Waals surface area contributed by atoms with E-state index in [0.29, 0.717) is 10.9 Å². The second kappa shape index (κ2) is 10.5. The van der Waals surface area contributed by atoms with Crippen LogP contribution < -0.4 is 5.32 Å². The van der Waals surface area contributed by atoms with Crippen LogP contribution in [0.4, 0.5) is 5.13 Å². The molecule has 1 aliphatic rings. The van der Waals surface area contributed by atoms with Crippen LogP contribution in [0.3, 0.4) is 0 Å². The molecule has 0 aromatic carbocycles. The molecule has 22 heavy (non-hydrogen) atoms. The minimum absolute atomic E-state index is 0.0186. The number of hydrogen-bond donors (Lipinski definition) is 1. The summed E-state index contributed by atoms with van der Waals surface area (Å²) in [5.74, 6) is 2.49. The van der Waals surface area contributed by atoms with Crippen molar-refractivity contribution in [2.75, 3.05) is 42.2 Å². The van der Waals surface area contributed by atoms with Gasteiger partial charge in [0.15, 0.2) is 4.34 Å². The molecule has 1 N–H and O–H groups in total. The van der Waals surface area contributed by atoms with Gasteiger partial charge in [0.2, 0.25) is 11.0 Å². The largest absolute Gasteiger partial charge is 0.303 e. The van der Waals surface area contributed by atoms with Gasteiger partial charge in [0, 0.05) is 12.3 Å². The molecule has 0 atom stereocenters. The summed E-state index contributed by atoms with van der Waals surface area (Å²) >= 11 is 4.78. The third kappa shape index (κ3) is 6.85. The molecule has 1 saturated heterocycles. The van der Waals surface area contributed by atoms with Gasteiger partial charge >= 0.3 is 0 Å². The smallest absolute Gasteiger partial charge is 0.236 e. The number of carbonyl (C=O) groups excluding carboxylic acids is 1. The highest BCUT2D eigenvalue weighted by atomic mass is 32.2. The van der Waals surface area contributed by atoms with Crippen molar-refractivity contribution >= 4 is 45.9 Å². The van der Waals surface area contributed by atoms with E-state index in [0.717, 1.165) is 22.4 Å². The number of anilines is 1. The Bertz CT molecular complexity index is 447. The van der Waals surface area contributed by atoms with Crippen molar-refractivity contribution in [3.8, 4) is 0 Å². The highest BCUT2D eigenvalue weighted by molar-refractivity contribution is 8.01. The summed E-state index contributed by atoms with van der Waals surface area (Å²) in [6, 6.07) is 0. The quantitative estimate of drug-likeness (QED) is 0.436. The van der Waals surface area contributed by atoms with Gasteiger partial charge in [0.1, 0.15) is 0 Å². The first-order valence-electron chi connectivity index (χ1n) is 7.84. The van der Waals surface area contributed by atoms with E-state index in [-0.39, 0.29) is 5.91 Å². The first-order chi connectivity index (χ1) is 10.8. The molecule has 0 saturated carbocycles. The van der Waals surface area contributed by atoms with Crippen molar-refractivity contribution in [2.24, 2.45) is 0 Å². The molecule has 1 aromatic rings. The molecule has 1 amide bonds. The molecule has 8 heteroatoms. The van der Waals surface area contributed by atoms with E-state index >= 15 is 0 Å². The molecular weight excluding hydrogens is 336 g/mol. The summed E-state index contributed by atoms with van der Waals surface area (Å²) in [5, 5.41) is 11.4. The van der Waals surface area contributed by atoms with E-state index in [1.54, 1.807) is 23.5 Å². The molecule has 0 bridgehead atoms. The monoisotopic (exact) mass is 360 g/mol. The van der Waals surface area contributed by atoms with E-state index in [1.165, 1.54) is 50.1 Å². The minimum atomic E-state index is 0.0186. The van der Waals surface area contributed by atoms with Gasteiger partial charge in [-0.25, -0.2) is 0 Å². The fraction of sp³-hybridized carbons (Fsp3) is 0.786. The second-order valence-corrected chi connectivity index (χ2v) is 8.76. The number of hydrogen-bond acceptors (Lipinski definition) is 7. The molecule has 0 spiro atoms. The molecule has 1 aromatic heterocycles. The van der Waals surface area contributed by atoms with E-state index < -0.39 is 0 Å². The lowest BCUT2D eigenvalue weighted by molar-refractivity contribution is -0.113. The van der Waals surface area contributed by atoms with Gasteiger partial charge in [-0.3, -0.25) is 10.1 Å². The van der Waals surface area contributed by atoms with Crippen LogP contribution in [0, 0.1) is 0 Å². The van der Waals surface area contributed by atoms with Crippen LogP contribution in [-0.4, -0.2) is 57.9 Å². The van der Waals surface area contributed by atoms with Crippen molar-refractivity contribution < 1.29 is 4.79 Å². The Morgan fingerprint density at radius 3 is 2.77 bits per heavy atom. The minimum Gasteiger partial charge on any atom is -0.303 e. The normalized spacial score (nSPS) is 16.4. The first kappa shape index (κ1) is 18.0. The molecule has 1 fully saturated rings. The Hall–Kier alpha value is -0.310. The molecule has 5 nitrogen and oxygen atoms in total. The molecule has 2 rings (SSSR count). The SMILES string of the molecule is CCSc1nnc(NC(=O)CSCCN2CCCCCC2)s1. The molecule has 1 aliphatic heterocycles. The first-order valence-corrected chi connectivity index (χ1v) is 10.8. The maximum Gasteiger partial charge on any atom is 0.236 e. The number of aromatic nitrogens is 2. The Labute approximate surface area is 145 Å². The van der Waals surface area contributed by atoms with Crippen molar-refractivity contribution in [1.29, 1.82) is 0 Å². The zero-order valence-electron chi connectivity index (χ0n) is 13.0. The topological polar surface area (TPSA) is 58.1 Å². The number of nitrogens with one attached hydrogen (secondary N) is 1. The number of rotatable bonds is 8. The van der Waals surface area contributed by atoms with Crippen molar-refractivity contribution in [3.05, 3.63) is 0 Å². The van der Waals surface area contributed by atoms with Crippen LogP contribution in [0.25, 0.3) is 0 Å². The summed E-state index contributed by atoms with van der Waals surface area (Å²) in [5.41, 5.74) is 0. The lowest BCUT2D eigenvalue weighted by atomic mass is 10.2. The Balaban J connectivity index is 1.58. The van der Waals surface area contributed by atoms with Crippen LogP contribution in [-0.2, 0) is 4.79 Å². The molecule has 124 valence electrons. The maximum absolute atomic E-state index is 11.9. The second-order valence-electron chi connectivity index (χ2n) is 5.16. The highest BCUT2D eigenvalue weighted by Gasteiger charge is 2.10. The Morgan fingerprint density at radius 2 is 2.05 bits per heavy atom. The molecule has 0 radical (unpaired) electrons. The predicted octanol–water partition coefficient (Wildman–Crippen LogP) is 3.20. The molecular formula is C14H24N4OS3. The molecule has 2 heterocycles. The van der Waals surface area contributed by atoms with Crippen molar-refractivity contribution in [2.45, 2.75) is 36.9 Å². The summed E-state index contributed by atoms with van der Waals surface area (Å²) < 4.78 is 0.909. The van der Waals surface area contributed by atoms with E-state index in [1.807, 2.05) is 0 Å². The van der Waals surface area contributed by atoms with Crippen molar-refractivity contribution in [3.63, 3.8) is 0 Å². The summed E-state index contributed by atoms with van der Waals surface area (Å²) in [7, 11) is 0. The third-order valence-electron chi connectivity index (χ3n) is 3.40. The van der Waals surface area contributed by atoms with Gasteiger partial charge in [0.05, 0.1) is 5.75 Å². The fourth-order valence-electron chi connectivity index (χ4n) is 2.32. The number of carbonyl (C=O) groups is 1. The number of nitrogens with zero attached hydrogens (tertiary/aromatic N) is 3. The predicted molar refractivity (Wildman–Crippen MR) is 97.2 cm³/mol. The van der Waals surface area contributed by atoms with E-state index in [4.69, 9.17) is 0 Å². The third-order valence-corrected chi connectivity index (χ3v) is 6.20. The average molecular weight is 361 g/mol. The summed E-state index contributed by atoms with van der Waals surface area (Å²) in [4.78, 5) is 14.4. The molecule has 0 aliphatic carbocycles. The lowest BCUT2D eigenvalue weighted by Crippen LogP contribution is -2.27. The van der Waals surface area contributed by atoms with Gasteiger partial charge in [0.25, 0.3) is 0 Å². The fourth-order valence-corrected chi connectivity index (χ4v) is 4.77. The van der Waals surface area contributed by atoms with Gasteiger partial charge in [-0.05, 0) is 31.7 Å². The molecule has 0 unspecified atom stereocenters. The van der Waals surface area contributed by atoms with Crippen LogP contribution in [0.5, 0.6) is 0 Å². The average Bonchev–Trinajstić information content (AvgIpc) is 2.78. The van der Waals surface area contributed by atoms with E-state index in [9.17, 15) is 4.79 Å². The Morgan fingerprint density at radius 1 is 1.27 bits per heavy atom. The highest BCUT2D eigenvalue weighted by Crippen LogP contribution is 2.25. The van der Waals surface area contributed by atoms with Crippen LogP contribution in [0.15, 0.2) is 4.34 Å². The number of thioether (sulfide) groups is 2. The maximum atomic E-state index is 11.9. The zero-order valence-corrected chi connectivity index (χ0v) is 15.5. The zero-order chi connectivity index (χ0) is 15.6. The van der Waals surface area contributed by atoms with Crippen LogP contribution in [0.2, 0.25) is 0 Å². The van der Waals surface area contributed by atoms with Crippen molar-refractivity contribution in [1.82, 2.24) is 15.1 Å². The van der Waals surface area contributed by atoms with Gasteiger partial charge in [-0.2, -0.15) is 11.8 Å². The summed E-state index contributed by atoms with van der Waals surface area (Å²) in [6.45, 7) is 5.60. The lowest BCUT2D eigenvalue weighted by Gasteiger charge is -2.18. The summed E-state index contributed by atoms with van der Waals surface area (Å²) in [6.07, 6.45) is 5.37. The Kier molecular flexibility index (Phi) is 8.58. The van der Waals surface area contributed by atoms with Gasteiger partial charge in [-0.15, -0.1) is 10.2 Å². The number of amides is 1. The van der Waals surface area contributed by atoms with E-state index in [2.05, 4.69) is 27.3 Å². The number of likely N-dealkylation sites (tertiary alicyclic amines) is 1. The standard InChI is InChI=1S/C14H24N4OS3/c1-2-21-14-17-16-13(22-14)15-12(19)11-20-10-9-18-7-5-3-4-6-8-18/h2-11H2,1H3,(H,15,16,19). The van der Waals surface area contributed by atoms with Gasteiger partial charge in [-0.1, -0.05) is 42.9 Å². The van der Waals surface area contributed by atoms with Crippen LogP contribution >= 0.6 is 34.9 Å².